The molecule has 2 aliphatic heterocycles. The number of hydrogen-bond acceptors (Lipinski definition) is 5. The van der Waals surface area contributed by atoms with Gasteiger partial charge in [0.25, 0.3) is 0 Å². The van der Waals surface area contributed by atoms with Gasteiger partial charge in [-0.3, -0.25) is 9.11 Å². The molecule has 0 amide bonds. The first-order chi connectivity index (χ1) is 14.0. The third kappa shape index (κ3) is 5.32. The maximum Gasteiger partial charge on any atom is 0.119 e. The lowest BCUT2D eigenvalue weighted by Gasteiger charge is -2.31. The molecule has 1 saturated heterocycles. The zero-order valence-electron chi connectivity index (χ0n) is 16.8. The minimum Gasteiger partial charge on any atom is -0.491 e. The van der Waals surface area contributed by atoms with Crippen LogP contribution in [0.25, 0.3) is 0 Å². The van der Waals surface area contributed by atoms with Gasteiger partial charge in [0.2, 0.25) is 0 Å². The van der Waals surface area contributed by atoms with E-state index in [1.54, 1.807) is 0 Å². The monoisotopic (exact) mass is 414 g/mol. The Labute approximate surface area is 173 Å². The summed E-state index contributed by atoms with van der Waals surface area (Å²) >= 11 is 0. The highest BCUT2D eigenvalue weighted by Crippen LogP contribution is 2.22. The Bertz CT molecular complexity index is 913. The lowest BCUT2D eigenvalue weighted by atomic mass is 10.00. The average molecular weight is 415 g/mol. The van der Waals surface area contributed by atoms with Crippen LogP contribution in [0, 0.1) is 0 Å². The highest BCUT2D eigenvalue weighted by molar-refractivity contribution is 8.00. The summed E-state index contributed by atoms with van der Waals surface area (Å²) in [6.45, 7) is 4.31. The average Bonchev–Trinajstić information content (AvgIpc) is 2.73. The molecule has 0 aliphatic carbocycles. The van der Waals surface area contributed by atoms with Crippen molar-refractivity contribution in [3.8, 4) is 5.75 Å². The van der Waals surface area contributed by atoms with Gasteiger partial charge in [-0.25, -0.2) is 0 Å². The van der Waals surface area contributed by atoms with Crippen molar-refractivity contribution in [1.29, 1.82) is 0 Å². The molecule has 2 aromatic rings. The summed E-state index contributed by atoms with van der Waals surface area (Å²) in [6, 6.07) is 16.5. The third-order valence-electron chi connectivity index (χ3n) is 5.79. The van der Waals surface area contributed by atoms with E-state index in [2.05, 4.69) is 39.9 Å². The van der Waals surface area contributed by atoms with Crippen LogP contribution in [0.2, 0.25) is 0 Å². The number of rotatable bonds is 6. The van der Waals surface area contributed by atoms with Crippen molar-refractivity contribution in [3.05, 3.63) is 59.7 Å². The van der Waals surface area contributed by atoms with Gasteiger partial charge in [-0.15, -0.1) is 0 Å². The Hall–Kier alpha value is -2.02. The summed E-state index contributed by atoms with van der Waals surface area (Å²) in [5.74, 6) is 5.88. The van der Waals surface area contributed by atoms with Crippen LogP contribution in [0.1, 0.15) is 11.1 Å². The van der Waals surface area contributed by atoms with Gasteiger partial charge in [0.05, 0.1) is 0 Å². The molecule has 1 N–H and O–H groups in total. The smallest absolute Gasteiger partial charge is 0.119 e. The van der Waals surface area contributed by atoms with E-state index in [0.717, 1.165) is 44.0 Å². The summed E-state index contributed by atoms with van der Waals surface area (Å²) in [4.78, 5) is 4.53. The van der Waals surface area contributed by atoms with Gasteiger partial charge < -0.3 is 14.7 Å². The fourth-order valence-corrected chi connectivity index (χ4v) is 5.34. The van der Waals surface area contributed by atoms with Crippen LogP contribution < -0.4 is 9.64 Å². The standard InChI is InChI=1S/C23H30N2O3S/c1-29(27)14-12-25(13-15-29)21-6-8-23(9-7-21)28-18-22(26)17-24-11-10-19-4-2-3-5-20(19)16-24/h2-9,22,26H,1,10-18H2. The fourth-order valence-electron chi connectivity index (χ4n) is 4.03. The van der Waals surface area contributed by atoms with E-state index in [4.69, 9.17) is 4.74 Å². The predicted molar refractivity (Wildman–Crippen MR) is 121 cm³/mol. The molecule has 0 spiro atoms. The number of benzene rings is 2. The number of aliphatic hydroxyl groups is 1. The van der Waals surface area contributed by atoms with E-state index >= 15 is 0 Å². The van der Waals surface area contributed by atoms with Gasteiger partial charge in [0, 0.05) is 49.9 Å². The van der Waals surface area contributed by atoms with Crippen molar-refractivity contribution >= 4 is 21.1 Å². The molecule has 1 atom stereocenters. The number of nitrogens with zero attached hydrogens (tertiary/aromatic N) is 2. The van der Waals surface area contributed by atoms with E-state index in [9.17, 15) is 9.32 Å². The van der Waals surface area contributed by atoms with Gasteiger partial charge in [-0.2, -0.15) is 0 Å². The van der Waals surface area contributed by atoms with Gasteiger partial charge in [-0.1, -0.05) is 24.3 Å². The minimum atomic E-state index is -1.88. The summed E-state index contributed by atoms with van der Waals surface area (Å²) in [5, 5.41) is 10.4. The Kier molecular flexibility index (Phi) is 6.13. The second kappa shape index (κ2) is 8.78. The molecule has 2 heterocycles. The van der Waals surface area contributed by atoms with Gasteiger partial charge in [0.1, 0.15) is 18.5 Å². The van der Waals surface area contributed by atoms with Crippen LogP contribution in [0.4, 0.5) is 5.69 Å². The van der Waals surface area contributed by atoms with Crippen LogP contribution in [-0.2, 0) is 22.5 Å². The Morgan fingerprint density at radius 1 is 1.03 bits per heavy atom. The third-order valence-corrected chi connectivity index (χ3v) is 7.64. The van der Waals surface area contributed by atoms with Gasteiger partial charge >= 0.3 is 0 Å². The second-order valence-corrected chi connectivity index (χ2v) is 10.8. The number of aliphatic hydroxyl groups excluding tert-OH is 1. The molecule has 1 unspecified atom stereocenters. The zero-order chi connectivity index (χ0) is 20.3. The van der Waals surface area contributed by atoms with Gasteiger partial charge in [-0.05, 0) is 57.2 Å². The fraction of sp³-hybridized carbons (Fsp3) is 0.435. The zero-order valence-corrected chi connectivity index (χ0v) is 17.7. The Morgan fingerprint density at radius 3 is 2.45 bits per heavy atom. The van der Waals surface area contributed by atoms with E-state index in [1.165, 1.54) is 11.1 Å². The molecule has 156 valence electrons. The number of fused-ring (bicyclic) bond motifs is 1. The summed E-state index contributed by atoms with van der Waals surface area (Å²) in [6.07, 6.45) is 0.511. The van der Waals surface area contributed by atoms with Crippen molar-refractivity contribution in [2.75, 3.05) is 49.2 Å². The van der Waals surface area contributed by atoms with Crippen LogP contribution in [-0.4, -0.2) is 70.5 Å². The first-order valence-corrected chi connectivity index (χ1v) is 12.3. The number of ether oxygens (including phenoxy) is 1. The first kappa shape index (κ1) is 20.3. The SMILES string of the molecule is C=S1(=O)CCN(c2ccc(OCC(O)CN3CCc4ccccc4C3)cc2)CC1. The minimum absolute atomic E-state index is 0.283. The molecule has 4 rings (SSSR count). The molecule has 0 radical (unpaired) electrons. The van der Waals surface area contributed by atoms with Gasteiger partial charge in [0.15, 0.2) is 0 Å². The first-order valence-electron chi connectivity index (χ1n) is 10.3. The molecule has 2 aromatic carbocycles. The quantitative estimate of drug-likeness (QED) is 0.733. The molecule has 2 aliphatic rings. The predicted octanol–water partition coefficient (Wildman–Crippen LogP) is 2.02. The maximum absolute atomic E-state index is 12.0. The summed E-state index contributed by atoms with van der Waals surface area (Å²) in [7, 11) is -1.88. The van der Waals surface area contributed by atoms with Crippen LogP contribution >= 0.6 is 0 Å². The van der Waals surface area contributed by atoms with Crippen LogP contribution in [0.15, 0.2) is 48.5 Å². The van der Waals surface area contributed by atoms with Crippen molar-refractivity contribution in [2.45, 2.75) is 19.1 Å². The Balaban J connectivity index is 1.24. The summed E-state index contributed by atoms with van der Waals surface area (Å²) in [5.41, 5.74) is 3.88. The maximum atomic E-state index is 12.0. The lowest BCUT2D eigenvalue weighted by Crippen LogP contribution is -2.40. The molecular formula is C23H30N2O3S. The number of hydrogen-bond donors (Lipinski definition) is 1. The van der Waals surface area contributed by atoms with Crippen molar-refractivity contribution in [2.24, 2.45) is 0 Å². The topological polar surface area (TPSA) is 53.0 Å². The molecule has 6 heteroatoms. The molecule has 29 heavy (non-hydrogen) atoms. The van der Waals surface area contributed by atoms with Crippen LogP contribution in [0.3, 0.4) is 0 Å². The van der Waals surface area contributed by atoms with Crippen LogP contribution in [0.5, 0.6) is 5.75 Å². The second-order valence-electron chi connectivity index (χ2n) is 8.07. The summed E-state index contributed by atoms with van der Waals surface area (Å²) < 4.78 is 17.8. The number of β-amino-alcohol motifs (C(OH)–C–C–N with tert-alkyl or cyclic N) is 1. The molecule has 1 fully saturated rings. The lowest BCUT2D eigenvalue weighted by molar-refractivity contribution is 0.0638. The molecule has 0 saturated carbocycles. The molecule has 0 aromatic heterocycles. The van der Waals surface area contributed by atoms with E-state index < -0.39 is 15.6 Å². The van der Waals surface area contributed by atoms with Crippen molar-refractivity contribution in [1.82, 2.24) is 4.90 Å². The van der Waals surface area contributed by atoms with E-state index in [1.807, 2.05) is 24.3 Å². The van der Waals surface area contributed by atoms with E-state index in [0.29, 0.717) is 18.1 Å². The highest BCUT2D eigenvalue weighted by Gasteiger charge is 2.19. The largest absolute Gasteiger partial charge is 0.491 e. The highest BCUT2D eigenvalue weighted by atomic mass is 32.2. The molecule has 0 bridgehead atoms. The van der Waals surface area contributed by atoms with Crippen molar-refractivity contribution in [3.63, 3.8) is 0 Å². The molecule has 5 nitrogen and oxygen atoms in total. The van der Waals surface area contributed by atoms with Crippen molar-refractivity contribution < 1.29 is 14.1 Å². The Morgan fingerprint density at radius 2 is 1.72 bits per heavy atom. The number of anilines is 1. The molecular weight excluding hydrogens is 384 g/mol. The normalized spacial score (nSPS) is 20.1. The van der Waals surface area contributed by atoms with E-state index in [-0.39, 0.29) is 6.61 Å².